The maximum Gasteiger partial charge on any atom is 0.164 e. The molecule has 0 aliphatic carbocycles. The Hall–Kier alpha value is -5.20. The lowest BCUT2D eigenvalue weighted by molar-refractivity contribution is 0.669. The molecule has 9 aromatic rings. The van der Waals surface area contributed by atoms with Crippen molar-refractivity contribution in [1.29, 1.82) is 0 Å². The van der Waals surface area contributed by atoms with Gasteiger partial charge >= 0.3 is 0 Å². The summed E-state index contributed by atoms with van der Waals surface area (Å²) in [4.78, 5) is 15.9. The molecule has 0 aliphatic rings. The van der Waals surface area contributed by atoms with Crippen molar-refractivity contribution in [2.45, 2.75) is 0 Å². The zero-order chi connectivity index (χ0) is 35.1. The minimum Gasteiger partial charge on any atom is -0.456 e. The van der Waals surface area contributed by atoms with Gasteiger partial charge in [-0.15, -0.1) is 22.3 Å². The topological polar surface area (TPSA) is 51.8 Å². The summed E-state index contributed by atoms with van der Waals surface area (Å²) in [6.45, 7) is 0. The molecule has 3 aromatic heterocycles. The molecule has 0 amide bonds. The molecule has 12 heteroatoms. The zero-order valence-electron chi connectivity index (χ0n) is 29.9. The number of furan rings is 1. The van der Waals surface area contributed by atoms with Crippen LogP contribution in [0.3, 0.4) is 0 Å². The van der Waals surface area contributed by atoms with E-state index in [2.05, 4.69) is 128 Å². The number of aromatic nitrogens is 3. The van der Waals surface area contributed by atoms with Crippen molar-refractivity contribution >= 4 is 147 Å². The second-order valence-electron chi connectivity index (χ2n) is 13.8. The Morgan fingerprint density at radius 3 is 1.75 bits per heavy atom. The van der Waals surface area contributed by atoms with Crippen molar-refractivity contribution in [2.75, 3.05) is 0 Å². The summed E-state index contributed by atoms with van der Waals surface area (Å²) in [5.41, 5.74) is 16.0. The van der Waals surface area contributed by atoms with Gasteiger partial charge in [-0.2, -0.15) is 0 Å². The number of benzene rings is 6. The van der Waals surface area contributed by atoms with Crippen LogP contribution in [-0.2, 0) is 0 Å². The van der Waals surface area contributed by atoms with E-state index < -0.39 is 0 Å². The molecule has 0 aliphatic heterocycles. The first-order valence-electron chi connectivity index (χ1n) is 17.5. The Bertz CT molecular complexity index is 2910. The second kappa shape index (κ2) is 12.0. The number of rotatable bonds is 4. The molecule has 0 saturated heterocycles. The molecule has 0 fully saturated rings. The third-order valence-electron chi connectivity index (χ3n) is 11.1. The highest BCUT2D eigenvalue weighted by atomic mass is 32.1. The Morgan fingerprint density at radius 2 is 0.980 bits per heavy atom. The summed E-state index contributed by atoms with van der Waals surface area (Å²) in [6.07, 6.45) is 0. The first-order chi connectivity index (χ1) is 24.7. The highest BCUT2D eigenvalue weighted by Gasteiger charge is 2.24. The van der Waals surface area contributed by atoms with E-state index in [1.165, 1.54) is 58.4 Å². The van der Waals surface area contributed by atoms with Crippen molar-refractivity contribution in [2.24, 2.45) is 0 Å². The Balaban J connectivity index is 1.36. The summed E-state index contributed by atoms with van der Waals surface area (Å²) >= 11 is 1.90. The number of fused-ring (bicyclic) bond motifs is 6. The van der Waals surface area contributed by atoms with Crippen LogP contribution in [0.25, 0.3) is 87.4 Å². The predicted octanol–water partition coefficient (Wildman–Crippen LogP) is -1.38. The summed E-state index contributed by atoms with van der Waals surface area (Å²) in [6, 6.07) is 33.4. The smallest absolute Gasteiger partial charge is 0.164 e. The molecule has 234 valence electrons. The van der Waals surface area contributed by atoms with Gasteiger partial charge in [-0.3, -0.25) is 0 Å². The third-order valence-corrected chi connectivity index (χ3v) is 12.6. The molecule has 0 bridgehead atoms. The number of thiophene rings is 1. The fraction of sp³-hybridized carbons (Fsp3) is 0. The van der Waals surface area contributed by atoms with Gasteiger partial charge in [0.15, 0.2) is 17.5 Å². The van der Waals surface area contributed by atoms with Gasteiger partial charge < -0.3 is 4.42 Å². The van der Waals surface area contributed by atoms with Crippen LogP contribution in [0.1, 0.15) is 0 Å². The molecule has 9 rings (SSSR count). The molecular weight excluding hydrogens is 634 g/mol. The average molecular weight is 664 g/mol. The molecule has 51 heavy (non-hydrogen) atoms. The Labute approximate surface area is 307 Å². The summed E-state index contributed by atoms with van der Waals surface area (Å²) in [5.74, 6) is 1.95. The van der Waals surface area contributed by atoms with Crippen molar-refractivity contribution in [3.63, 3.8) is 0 Å². The highest BCUT2D eigenvalue weighted by Crippen LogP contribution is 2.37. The van der Waals surface area contributed by atoms with Crippen molar-refractivity contribution in [3.05, 3.63) is 97.1 Å². The molecule has 0 spiro atoms. The van der Waals surface area contributed by atoms with Crippen LogP contribution in [-0.4, -0.2) is 69.9 Å². The molecule has 0 N–H and O–H groups in total. The number of para-hydroxylation sites is 1. The molecule has 0 saturated carbocycles. The number of hydrogen-bond acceptors (Lipinski definition) is 5. The lowest BCUT2D eigenvalue weighted by atomic mass is 9.64. The minimum absolute atomic E-state index is 0.618. The van der Waals surface area contributed by atoms with E-state index in [4.69, 9.17) is 19.4 Å². The van der Waals surface area contributed by atoms with Gasteiger partial charge in [0.25, 0.3) is 0 Å². The van der Waals surface area contributed by atoms with E-state index in [1.807, 2.05) is 35.6 Å². The van der Waals surface area contributed by atoms with Gasteiger partial charge in [-0.1, -0.05) is 100 Å². The van der Waals surface area contributed by atoms with E-state index in [9.17, 15) is 0 Å². The van der Waals surface area contributed by atoms with Crippen LogP contribution in [0.2, 0.25) is 0 Å². The fourth-order valence-corrected chi connectivity index (χ4v) is 9.14. The normalized spacial score (nSPS) is 11.7. The van der Waals surface area contributed by atoms with Crippen LogP contribution >= 0.6 is 11.3 Å². The van der Waals surface area contributed by atoms with E-state index >= 15 is 0 Å². The van der Waals surface area contributed by atoms with E-state index in [0.717, 1.165) is 49.8 Å². The Kier molecular flexibility index (Phi) is 7.45. The minimum atomic E-state index is 0.618. The SMILES string of the molecule is Bc1c(B)c(B)c2c(sc3c(B)c(B)c(B)c(-c4nc(-c5cccc(-c6ccccc6)c5)nc(-c5ccc6c(c5)oc5ccccc56)n4)c32)c1B. The lowest BCUT2D eigenvalue weighted by Crippen LogP contribution is -2.47. The molecule has 0 atom stereocenters. The third kappa shape index (κ3) is 4.95. The molecule has 0 radical (unpaired) electrons. The predicted molar refractivity (Wildman–Crippen MR) is 239 cm³/mol. The van der Waals surface area contributed by atoms with Gasteiger partial charge in [-0.25, -0.2) is 15.0 Å². The fourth-order valence-electron chi connectivity index (χ4n) is 7.66. The monoisotopic (exact) mass is 665 g/mol. The van der Waals surface area contributed by atoms with Gasteiger partial charge in [0.1, 0.15) is 66.1 Å². The molecule has 3 heterocycles. The molecule has 6 aromatic carbocycles. The zero-order valence-corrected chi connectivity index (χ0v) is 30.7. The van der Waals surface area contributed by atoms with Gasteiger partial charge in [0.05, 0.1) is 0 Å². The van der Waals surface area contributed by atoms with Crippen molar-refractivity contribution < 1.29 is 4.42 Å². The highest BCUT2D eigenvalue weighted by molar-refractivity contribution is 7.28. The van der Waals surface area contributed by atoms with E-state index in [1.54, 1.807) is 0 Å². The van der Waals surface area contributed by atoms with Gasteiger partial charge in [-0.05, 0) is 40.8 Å². The van der Waals surface area contributed by atoms with E-state index in [0.29, 0.717) is 17.5 Å². The van der Waals surface area contributed by atoms with Crippen LogP contribution in [0.5, 0.6) is 0 Å². The molecule has 4 nitrogen and oxygen atoms in total. The number of nitrogens with zero attached hydrogens (tertiary/aromatic N) is 3. The van der Waals surface area contributed by atoms with E-state index in [-0.39, 0.29) is 0 Å². The second-order valence-corrected chi connectivity index (χ2v) is 14.8. The maximum absolute atomic E-state index is 6.33. The van der Waals surface area contributed by atoms with Crippen LogP contribution < -0.4 is 38.2 Å². The van der Waals surface area contributed by atoms with Crippen LogP contribution in [0, 0.1) is 0 Å². The van der Waals surface area contributed by atoms with Gasteiger partial charge in [0.2, 0.25) is 0 Å². The summed E-state index contributed by atoms with van der Waals surface area (Å²) < 4.78 is 8.98. The summed E-state index contributed by atoms with van der Waals surface area (Å²) in [7, 11) is 15.8. The molecular formula is C39H30B7N3OS. The van der Waals surface area contributed by atoms with Crippen LogP contribution in [0.4, 0.5) is 0 Å². The average Bonchev–Trinajstić information content (AvgIpc) is 3.75. The largest absolute Gasteiger partial charge is 0.456 e. The van der Waals surface area contributed by atoms with Crippen LogP contribution in [0.15, 0.2) is 101 Å². The van der Waals surface area contributed by atoms with Crippen molar-refractivity contribution in [1.82, 2.24) is 15.0 Å². The standard InChI is InChI=1S/C39H30B7N3OS/c40-28-26-25-27(29(41)31(43)33(45)35(25)51-36(26)34(46)32(44)30(28)42)39-48-37(19-10-6-9-18(15-19)17-7-2-1-3-8-17)47-38(49-39)20-13-14-22-21-11-4-5-12-23(21)50-24(22)16-20/h1-16H,40-46H2. The first-order valence-corrected chi connectivity index (χ1v) is 18.3. The maximum atomic E-state index is 6.33. The lowest BCUT2D eigenvalue weighted by Gasteiger charge is -2.17. The Morgan fingerprint density at radius 1 is 0.412 bits per heavy atom. The van der Waals surface area contributed by atoms with Gasteiger partial charge in [0, 0.05) is 42.2 Å². The summed E-state index contributed by atoms with van der Waals surface area (Å²) in [5, 5.41) is 4.73. The van der Waals surface area contributed by atoms with Crippen molar-refractivity contribution in [3.8, 4) is 45.3 Å². The first kappa shape index (κ1) is 31.8. The number of hydrogen-bond donors (Lipinski definition) is 0. The quantitative estimate of drug-likeness (QED) is 0.218. The molecule has 0 unspecified atom stereocenters.